The van der Waals surface area contributed by atoms with E-state index >= 15 is 0 Å². The summed E-state index contributed by atoms with van der Waals surface area (Å²) in [6.07, 6.45) is 3.63. The molecular weight excluding hydrogens is 240 g/mol. The number of carbonyl (C=O) groups is 1. The van der Waals surface area contributed by atoms with E-state index in [0.29, 0.717) is 11.4 Å². The summed E-state index contributed by atoms with van der Waals surface area (Å²) >= 11 is 0. The molecular formula is C14H14N4O. The van der Waals surface area contributed by atoms with Crippen molar-refractivity contribution in [1.82, 2.24) is 14.3 Å². The van der Waals surface area contributed by atoms with Gasteiger partial charge in [-0.25, -0.2) is 0 Å². The van der Waals surface area contributed by atoms with Crippen LogP contribution in [-0.2, 0) is 14.1 Å². The van der Waals surface area contributed by atoms with Gasteiger partial charge in [0.2, 0.25) is 0 Å². The molecule has 2 heterocycles. The van der Waals surface area contributed by atoms with Crippen LogP contribution in [0.1, 0.15) is 10.4 Å². The Morgan fingerprint density at radius 1 is 1.21 bits per heavy atom. The van der Waals surface area contributed by atoms with Gasteiger partial charge in [-0.1, -0.05) is 18.2 Å². The lowest BCUT2D eigenvalue weighted by Crippen LogP contribution is -2.12. The van der Waals surface area contributed by atoms with Gasteiger partial charge in [-0.3, -0.25) is 9.48 Å². The molecule has 0 saturated heterocycles. The molecule has 0 aliphatic heterocycles. The Bertz CT molecular complexity index is 754. The Morgan fingerprint density at radius 3 is 2.74 bits per heavy atom. The van der Waals surface area contributed by atoms with Crippen molar-refractivity contribution >= 4 is 22.6 Å². The zero-order valence-corrected chi connectivity index (χ0v) is 10.8. The first-order chi connectivity index (χ1) is 9.15. The van der Waals surface area contributed by atoms with Gasteiger partial charge in [0, 0.05) is 43.5 Å². The average Bonchev–Trinajstić information content (AvgIpc) is 2.95. The fourth-order valence-corrected chi connectivity index (χ4v) is 2.19. The third-order valence-corrected chi connectivity index (χ3v) is 3.10. The molecule has 0 aliphatic carbocycles. The van der Waals surface area contributed by atoms with Gasteiger partial charge in [-0.2, -0.15) is 5.10 Å². The van der Waals surface area contributed by atoms with Gasteiger partial charge in [0.15, 0.2) is 5.82 Å². The number of nitrogens with zero attached hydrogens (tertiary/aromatic N) is 3. The zero-order valence-electron chi connectivity index (χ0n) is 10.8. The molecule has 96 valence electrons. The van der Waals surface area contributed by atoms with Gasteiger partial charge in [0.1, 0.15) is 0 Å². The molecule has 0 unspecified atom stereocenters. The summed E-state index contributed by atoms with van der Waals surface area (Å²) in [6.45, 7) is 0. The quantitative estimate of drug-likeness (QED) is 0.762. The van der Waals surface area contributed by atoms with E-state index in [1.165, 1.54) is 0 Å². The molecule has 0 radical (unpaired) electrons. The van der Waals surface area contributed by atoms with Gasteiger partial charge >= 0.3 is 0 Å². The molecule has 2 aromatic heterocycles. The van der Waals surface area contributed by atoms with Gasteiger partial charge < -0.3 is 9.88 Å². The van der Waals surface area contributed by atoms with Crippen molar-refractivity contribution in [3.8, 4) is 0 Å². The summed E-state index contributed by atoms with van der Waals surface area (Å²) < 4.78 is 3.60. The summed E-state index contributed by atoms with van der Waals surface area (Å²) in [5, 5.41) is 7.88. The van der Waals surface area contributed by atoms with Crippen LogP contribution in [0.4, 0.5) is 5.82 Å². The lowest BCUT2D eigenvalue weighted by molar-refractivity contribution is 0.102. The van der Waals surface area contributed by atoms with E-state index in [4.69, 9.17) is 0 Å². The molecule has 1 aromatic carbocycles. The van der Waals surface area contributed by atoms with Gasteiger partial charge in [0.05, 0.1) is 5.56 Å². The first-order valence-corrected chi connectivity index (χ1v) is 6.00. The van der Waals surface area contributed by atoms with Crippen LogP contribution in [-0.4, -0.2) is 20.3 Å². The molecule has 0 fully saturated rings. The lowest BCUT2D eigenvalue weighted by atomic mass is 10.1. The molecule has 3 aromatic rings. The van der Waals surface area contributed by atoms with Crippen LogP contribution < -0.4 is 5.32 Å². The molecule has 0 bridgehead atoms. The van der Waals surface area contributed by atoms with Crippen molar-refractivity contribution in [2.45, 2.75) is 0 Å². The lowest BCUT2D eigenvalue weighted by Gasteiger charge is -2.00. The smallest absolute Gasteiger partial charge is 0.259 e. The molecule has 1 N–H and O–H groups in total. The highest BCUT2D eigenvalue weighted by Gasteiger charge is 2.14. The number of para-hydroxylation sites is 1. The Morgan fingerprint density at radius 2 is 2.00 bits per heavy atom. The molecule has 0 spiro atoms. The minimum atomic E-state index is -0.143. The van der Waals surface area contributed by atoms with Gasteiger partial charge in [0.25, 0.3) is 5.91 Å². The van der Waals surface area contributed by atoms with Gasteiger partial charge in [-0.05, 0) is 6.07 Å². The molecule has 19 heavy (non-hydrogen) atoms. The summed E-state index contributed by atoms with van der Waals surface area (Å²) in [4.78, 5) is 12.3. The molecule has 5 heteroatoms. The van der Waals surface area contributed by atoms with E-state index < -0.39 is 0 Å². The number of aryl methyl sites for hydroxylation is 2. The van der Waals surface area contributed by atoms with Crippen LogP contribution >= 0.6 is 0 Å². The predicted molar refractivity (Wildman–Crippen MR) is 74.1 cm³/mol. The molecule has 1 amide bonds. The van der Waals surface area contributed by atoms with Crippen LogP contribution in [0.2, 0.25) is 0 Å². The summed E-state index contributed by atoms with van der Waals surface area (Å²) in [6, 6.07) is 9.60. The summed E-state index contributed by atoms with van der Waals surface area (Å²) in [5.41, 5.74) is 1.69. The first-order valence-electron chi connectivity index (χ1n) is 6.00. The van der Waals surface area contributed by atoms with Crippen molar-refractivity contribution in [2.24, 2.45) is 14.1 Å². The Balaban J connectivity index is 1.98. The number of rotatable bonds is 2. The fraction of sp³-hybridized carbons (Fsp3) is 0.143. The standard InChI is InChI=1S/C14H14N4O/c1-17-9-11(10-5-3-4-6-12(10)17)14(19)15-13-7-8-18(2)16-13/h3-9H,1-2H3,(H,15,16,19). The highest BCUT2D eigenvalue weighted by molar-refractivity contribution is 6.12. The number of benzene rings is 1. The van der Waals surface area contributed by atoms with Crippen molar-refractivity contribution in [3.05, 3.63) is 48.3 Å². The van der Waals surface area contributed by atoms with E-state index in [9.17, 15) is 4.79 Å². The van der Waals surface area contributed by atoms with E-state index in [1.54, 1.807) is 16.9 Å². The number of hydrogen-bond donors (Lipinski definition) is 1. The summed E-state index contributed by atoms with van der Waals surface area (Å²) in [7, 11) is 3.74. The third-order valence-electron chi connectivity index (χ3n) is 3.10. The summed E-state index contributed by atoms with van der Waals surface area (Å²) in [5.74, 6) is 0.413. The second kappa shape index (κ2) is 4.28. The van der Waals surface area contributed by atoms with Crippen molar-refractivity contribution in [3.63, 3.8) is 0 Å². The normalized spacial score (nSPS) is 10.8. The monoisotopic (exact) mass is 254 g/mol. The molecule has 5 nitrogen and oxygen atoms in total. The highest BCUT2D eigenvalue weighted by atomic mass is 16.1. The van der Waals surface area contributed by atoms with Crippen molar-refractivity contribution < 1.29 is 4.79 Å². The number of fused-ring (bicyclic) bond motifs is 1. The maximum atomic E-state index is 12.3. The maximum Gasteiger partial charge on any atom is 0.259 e. The van der Waals surface area contributed by atoms with Crippen LogP contribution in [0.25, 0.3) is 10.9 Å². The number of carbonyl (C=O) groups excluding carboxylic acids is 1. The molecule has 0 saturated carbocycles. The van der Waals surface area contributed by atoms with Crippen molar-refractivity contribution in [1.29, 1.82) is 0 Å². The topological polar surface area (TPSA) is 51.9 Å². The van der Waals surface area contributed by atoms with Crippen LogP contribution in [0.5, 0.6) is 0 Å². The van der Waals surface area contributed by atoms with E-state index in [-0.39, 0.29) is 5.91 Å². The second-order valence-corrected chi connectivity index (χ2v) is 4.50. The maximum absolute atomic E-state index is 12.3. The minimum Gasteiger partial charge on any atom is -0.350 e. The number of amides is 1. The number of anilines is 1. The molecule has 3 rings (SSSR count). The highest BCUT2D eigenvalue weighted by Crippen LogP contribution is 2.21. The zero-order chi connectivity index (χ0) is 13.4. The van der Waals surface area contributed by atoms with Crippen molar-refractivity contribution in [2.75, 3.05) is 5.32 Å². The largest absolute Gasteiger partial charge is 0.350 e. The van der Waals surface area contributed by atoms with Crippen LogP contribution in [0.15, 0.2) is 42.7 Å². The third kappa shape index (κ3) is 1.99. The fourth-order valence-electron chi connectivity index (χ4n) is 2.19. The average molecular weight is 254 g/mol. The first kappa shape index (κ1) is 11.5. The van der Waals surface area contributed by atoms with E-state index in [2.05, 4.69) is 10.4 Å². The van der Waals surface area contributed by atoms with Crippen LogP contribution in [0.3, 0.4) is 0 Å². The number of nitrogens with one attached hydrogen (secondary N) is 1. The Kier molecular flexibility index (Phi) is 2.59. The molecule has 0 atom stereocenters. The Hall–Kier alpha value is -2.56. The van der Waals surface area contributed by atoms with E-state index in [0.717, 1.165) is 10.9 Å². The number of hydrogen-bond acceptors (Lipinski definition) is 2. The predicted octanol–water partition coefficient (Wildman–Crippen LogP) is 2.16. The molecule has 0 aliphatic rings. The number of aromatic nitrogens is 3. The van der Waals surface area contributed by atoms with Gasteiger partial charge in [-0.15, -0.1) is 0 Å². The Labute approximate surface area is 110 Å². The minimum absolute atomic E-state index is 0.143. The SMILES string of the molecule is Cn1ccc(NC(=O)c2cn(C)c3ccccc23)n1. The van der Waals surface area contributed by atoms with Crippen LogP contribution in [0, 0.1) is 0 Å². The van der Waals surface area contributed by atoms with E-state index in [1.807, 2.05) is 49.1 Å². The second-order valence-electron chi connectivity index (χ2n) is 4.50.